The Kier molecular flexibility index (Phi) is 2.99. The zero-order valence-corrected chi connectivity index (χ0v) is 11.3. The monoisotopic (exact) mass is 284 g/mol. The normalized spacial score (nSPS) is 13.1. The lowest BCUT2D eigenvalue weighted by atomic mass is 10.3. The third-order valence-corrected chi connectivity index (χ3v) is 3.23. The van der Waals surface area contributed by atoms with Crippen LogP contribution in [0.4, 0.5) is 10.5 Å². The Morgan fingerprint density at radius 1 is 1.43 bits per heavy atom. The molecule has 1 aromatic heterocycles. The van der Waals surface area contributed by atoms with E-state index in [-0.39, 0.29) is 13.1 Å². The van der Waals surface area contributed by atoms with Gasteiger partial charge in [-0.2, -0.15) is 9.67 Å². The first-order valence-electron chi connectivity index (χ1n) is 6.24. The number of carbonyl (C=O) groups excluding carboxylic acids is 1. The van der Waals surface area contributed by atoms with Gasteiger partial charge in [0.05, 0.1) is 13.7 Å². The Bertz CT molecular complexity index is 812. The molecule has 0 saturated heterocycles. The van der Waals surface area contributed by atoms with Crippen LogP contribution >= 0.6 is 0 Å². The summed E-state index contributed by atoms with van der Waals surface area (Å²) in [7, 11) is 1.55. The molecule has 1 aliphatic rings. The number of benzene rings is 1. The molecule has 0 saturated carbocycles. The number of ether oxygens (including phenoxy) is 1. The van der Waals surface area contributed by atoms with Crippen molar-refractivity contribution in [2.45, 2.75) is 13.1 Å². The Morgan fingerprint density at radius 2 is 2.24 bits per heavy atom. The van der Waals surface area contributed by atoms with E-state index in [2.05, 4.69) is 11.0 Å². The summed E-state index contributed by atoms with van der Waals surface area (Å²) in [6.45, 7) is 0.268. The third-order valence-electron chi connectivity index (χ3n) is 3.23. The van der Waals surface area contributed by atoms with Gasteiger partial charge < -0.3 is 4.74 Å². The van der Waals surface area contributed by atoms with E-state index in [4.69, 9.17) is 11.2 Å². The van der Waals surface area contributed by atoms with Crippen molar-refractivity contribution in [1.29, 1.82) is 0 Å². The van der Waals surface area contributed by atoms with Crippen molar-refractivity contribution in [3.63, 3.8) is 0 Å². The molecule has 3 rings (SSSR count). The summed E-state index contributed by atoms with van der Waals surface area (Å²) in [6.07, 6.45) is 5.16. The third kappa shape index (κ3) is 1.97. The second-order valence-corrected chi connectivity index (χ2v) is 4.47. The van der Waals surface area contributed by atoms with Crippen LogP contribution in [0.2, 0.25) is 0 Å². The maximum Gasteiger partial charge on any atom is 0.355 e. The highest BCUT2D eigenvalue weighted by Crippen LogP contribution is 2.25. The zero-order valence-electron chi connectivity index (χ0n) is 11.3. The molecule has 0 bridgehead atoms. The van der Waals surface area contributed by atoms with Crippen LogP contribution in [0.25, 0.3) is 0 Å². The lowest BCUT2D eigenvalue weighted by molar-refractivity contribution is 0.250. The molecule has 0 N–H and O–H groups in total. The molecule has 0 radical (unpaired) electrons. The number of terminal acetylenes is 1. The predicted octanol–water partition coefficient (Wildman–Crippen LogP) is 0.675. The molecule has 2 heterocycles. The van der Waals surface area contributed by atoms with E-state index in [0.717, 1.165) is 9.25 Å². The van der Waals surface area contributed by atoms with Crippen molar-refractivity contribution in [2.75, 3.05) is 12.0 Å². The average Bonchev–Trinajstić information content (AvgIpc) is 2.98. The quantitative estimate of drug-likeness (QED) is 0.777. The molecule has 106 valence electrons. The minimum absolute atomic E-state index is 0.0469. The number of nitrogens with zero attached hydrogens (tertiary/aromatic N) is 4. The van der Waals surface area contributed by atoms with Crippen LogP contribution in [0.1, 0.15) is 5.82 Å². The molecule has 2 aromatic rings. The van der Waals surface area contributed by atoms with Crippen LogP contribution in [0, 0.1) is 12.3 Å². The molecule has 0 unspecified atom stereocenters. The van der Waals surface area contributed by atoms with Crippen molar-refractivity contribution < 1.29 is 9.53 Å². The molecule has 0 fully saturated rings. The van der Waals surface area contributed by atoms with Crippen molar-refractivity contribution >= 4 is 11.7 Å². The standard InChI is InChI=1S/C14H12N4O3/c1-3-7-17-14(20)18-12(15-17)9-16(13(18)19)10-5-4-6-11(8-10)21-2/h1,4-6,8H,7,9H2,2H3. The Balaban J connectivity index is 1.98. The molecule has 21 heavy (non-hydrogen) atoms. The molecular weight excluding hydrogens is 272 g/mol. The van der Waals surface area contributed by atoms with Gasteiger partial charge in [-0.3, -0.25) is 4.90 Å². The number of methoxy groups -OCH3 is 1. The van der Waals surface area contributed by atoms with Gasteiger partial charge in [0.15, 0.2) is 5.82 Å². The Hall–Kier alpha value is -3.01. The van der Waals surface area contributed by atoms with Crippen LogP contribution in [0.5, 0.6) is 5.75 Å². The topological polar surface area (TPSA) is 69.4 Å². The second kappa shape index (κ2) is 4.83. The number of hydrogen-bond acceptors (Lipinski definition) is 4. The maximum atomic E-state index is 12.4. The van der Waals surface area contributed by atoms with E-state index in [9.17, 15) is 9.59 Å². The number of carbonyl (C=O) groups is 1. The van der Waals surface area contributed by atoms with Crippen molar-refractivity contribution in [1.82, 2.24) is 14.3 Å². The van der Waals surface area contributed by atoms with Gasteiger partial charge >= 0.3 is 11.7 Å². The van der Waals surface area contributed by atoms with Crippen LogP contribution in [-0.4, -0.2) is 27.5 Å². The van der Waals surface area contributed by atoms with Gasteiger partial charge in [-0.05, 0) is 12.1 Å². The summed E-state index contributed by atoms with van der Waals surface area (Å²) < 4.78 is 7.28. The Labute approximate surface area is 120 Å². The van der Waals surface area contributed by atoms with Gasteiger partial charge in [-0.25, -0.2) is 14.3 Å². The minimum Gasteiger partial charge on any atom is -0.497 e. The summed E-state index contributed by atoms with van der Waals surface area (Å²) in [4.78, 5) is 25.9. The van der Waals surface area contributed by atoms with Crippen molar-refractivity contribution in [2.24, 2.45) is 0 Å². The largest absolute Gasteiger partial charge is 0.497 e. The molecule has 0 atom stereocenters. The van der Waals surface area contributed by atoms with E-state index >= 15 is 0 Å². The highest BCUT2D eigenvalue weighted by molar-refractivity contribution is 5.96. The number of hydrogen-bond donors (Lipinski definition) is 0. The molecule has 1 aromatic carbocycles. The second-order valence-electron chi connectivity index (χ2n) is 4.47. The van der Waals surface area contributed by atoms with Crippen molar-refractivity contribution in [3.8, 4) is 18.1 Å². The van der Waals surface area contributed by atoms with E-state index in [1.807, 2.05) is 0 Å². The molecular formula is C14H12N4O3. The van der Waals surface area contributed by atoms with E-state index in [1.54, 1.807) is 31.4 Å². The van der Waals surface area contributed by atoms with Gasteiger partial charge in [0, 0.05) is 11.8 Å². The fourth-order valence-corrected chi connectivity index (χ4v) is 2.25. The first kappa shape index (κ1) is 13.0. The molecule has 0 spiro atoms. The SMILES string of the molecule is C#CCn1nc2n(c1=O)C(=O)N(c1cccc(OC)c1)C2. The predicted molar refractivity (Wildman–Crippen MR) is 75.3 cm³/mol. The smallest absolute Gasteiger partial charge is 0.355 e. The van der Waals surface area contributed by atoms with Crippen LogP contribution < -0.4 is 15.3 Å². The van der Waals surface area contributed by atoms with Gasteiger partial charge in [-0.1, -0.05) is 12.0 Å². The van der Waals surface area contributed by atoms with Crippen LogP contribution in [0.15, 0.2) is 29.1 Å². The summed E-state index contributed by atoms with van der Waals surface area (Å²) in [5.74, 6) is 3.34. The minimum atomic E-state index is -0.515. The summed E-state index contributed by atoms with van der Waals surface area (Å²) in [5, 5.41) is 4.08. The van der Waals surface area contributed by atoms with Gasteiger partial charge in [0.1, 0.15) is 12.3 Å². The number of anilines is 1. The molecule has 1 amide bonds. The highest BCUT2D eigenvalue weighted by atomic mass is 16.5. The fourth-order valence-electron chi connectivity index (χ4n) is 2.25. The summed E-state index contributed by atoms with van der Waals surface area (Å²) >= 11 is 0. The molecule has 0 aliphatic carbocycles. The lowest BCUT2D eigenvalue weighted by Crippen LogP contribution is -2.34. The number of amides is 1. The van der Waals surface area contributed by atoms with Crippen LogP contribution in [0.3, 0.4) is 0 Å². The van der Waals surface area contributed by atoms with E-state index in [1.165, 1.54) is 4.90 Å². The first-order valence-corrected chi connectivity index (χ1v) is 6.24. The van der Waals surface area contributed by atoms with E-state index < -0.39 is 11.7 Å². The average molecular weight is 284 g/mol. The fraction of sp³-hybridized carbons (Fsp3) is 0.214. The lowest BCUT2D eigenvalue weighted by Gasteiger charge is -2.15. The maximum absolute atomic E-state index is 12.4. The summed E-state index contributed by atoms with van der Waals surface area (Å²) in [5.41, 5.74) is 0.131. The molecule has 7 nitrogen and oxygen atoms in total. The number of fused-ring (bicyclic) bond motifs is 1. The van der Waals surface area contributed by atoms with E-state index in [0.29, 0.717) is 17.3 Å². The van der Waals surface area contributed by atoms with Gasteiger partial charge in [-0.15, -0.1) is 6.42 Å². The van der Waals surface area contributed by atoms with Crippen molar-refractivity contribution in [3.05, 3.63) is 40.6 Å². The zero-order chi connectivity index (χ0) is 15.0. The Morgan fingerprint density at radius 3 is 2.90 bits per heavy atom. The number of aromatic nitrogens is 3. The van der Waals surface area contributed by atoms with Gasteiger partial charge in [0.2, 0.25) is 0 Å². The number of rotatable bonds is 3. The van der Waals surface area contributed by atoms with Gasteiger partial charge in [0.25, 0.3) is 0 Å². The molecule has 7 heteroatoms. The highest BCUT2D eigenvalue weighted by Gasteiger charge is 2.33. The molecule has 1 aliphatic heterocycles. The van der Waals surface area contributed by atoms with Crippen LogP contribution in [-0.2, 0) is 13.1 Å². The first-order chi connectivity index (χ1) is 10.2. The summed E-state index contributed by atoms with van der Waals surface area (Å²) in [6, 6.07) is 6.62.